The first-order valence-electron chi connectivity index (χ1n) is 6.49. The van der Waals surface area contributed by atoms with Crippen molar-refractivity contribution in [2.45, 2.75) is 38.3 Å². The minimum absolute atomic E-state index is 0.665. The lowest BCUT2D eigenvalue weighted by Gasteiger charge is -2.04. The van der Waals surface area contributed by atoms with E-state index in [-0.39, 0.29) is 0 Å². The van der Waals surface area contributed by atoms with Crippen molar-refractivity contribution in [3.63, 3.8) is 0 Å². The number of benzene rings is 1. The fourth-order valence-electron chi connectivity index (χ4n) is 1.60. The molecule has 19 heavy (non-hydrogen) atoms. The van der Waals surface area contributed by atoms with Crippen LogP contribution in [0.1, 0.15) is 30.1 Å². The van der Waals surface area contributed by atoms with Crippen LogP contribution in [0, 0.1) is 6.92 Å². The smallest absolute Gasteiger partial charge is 0.103 e. The van der Waals surface area contributed by atoms with Crippen molar-refractivity contribution in [2.75, 3.05) is 5.32 Å². The number of nitrogens with one attached hydrogen (secondary N) is 1. The maximum atomic E-state index is 4.65. The lowest BCUT2D eigenvalue weighted by atomic mass is 10.2. The molecule has 0 saturated heterocycles. The summed E-state index contributed by atoms with van der Waals surface area (Å²) in [4.78, 5) is 4.65. The fourth-order valence-corrected chi connectivity index (χ4v) is 3.19. The normalized spacial score (nSPS) is 10.9. The third-order valence-corrected chi connectivity index (χ3v) is 4.85. The molecule has 4 heteroatoms. The van der Waals surface area contributed by atoms with Crippen LogP contribution in [0.25, 0.3) is 0 Å². The van der Waals surface area contributed by atoms with E-state index >= 15 is 0 Å². The van der Waals surface area contributed by atoms with Gasteiger partial charge < -0.3 is 5.32 Å². The van der Waals surface area contributed by atoms with Crippen LogP contribution in [0.4, 0.5) is 5.69 Å². The molecule has 0 aliphatic heterocycles. The predicted molar refractivity (Wildman–Crippen MR) is 87.1 cm³/mol. The summed E-state index contributed by atoms with van der Waals surface area (Å²) < 4.78 is 0. The maximum Gasteiger partial charge on any atom is 0.103 e. The van der Waals surface area contributed by atoms with Gasteiger partial charge in [-0.3, -0.25) is 0 Å². The van der Waals surface area contributed by atoms with Crippen molar-refractivity contribution in [1.29, 1.82) is 0 Å². The van der Waals surface area contributed by atoms with Crippen LogP contribution in [-0.4, -0.2) is 10.2 Å². The zero-order valence-corrected chi connectivity index (χ0v) is 13.3. The van der Waals surface area contributed by atoms with Gasteiger partial charge in [0, 0.05) is 16.8 Å². The molecule has 0 saturated carbocycles. The van der Waals surface area contributed by atoms with E-state index in [0.29, 0.717) is 5.25 Å². The maximum absolute atomic E-state index is 4.65. The number of aryl methyl sites for hydroxylation is 1. The monoisotopic (exact) mass is 292 g/mol. The van der Waals surface area contributed by atoms with Gasteiger partial charge in [0.05, 0.1) is 12.2 Å². The molecule has 1 aromatic carbocycles. The molecule has 1 aromatic heterocycles. The van der Waals surface area contributed by atoms with E-state index in [1.165, 1.54) is 10.6 Å². The molecule has 0 aliphatic rings. The Morgan fingerprint density at radius 2 is 2.00 bits per heavy atom. The zero-order chi connectivity index (χ0) is 13.7. The van der Waals surface area contributed by atoms with Gasteiger partial charge in [0.15, 0.2) is 0 Å². The highest BCUT2D eigenvalue weighted by Gasteiger charge is 2.03. The number of thioether (sulfide) groups is 1. The number of aromatic nitrogens is 1. The number of hydrogen-bond acceptors (Lipinski definition) is 4. The van der Waals surface area contributed by atoms with Gasteiger partial charge in [-0.25, -0.2) is 4.98 Å². The zero-order valence-electron chi connectivity index (χ0n) is 11.6. The van der Waals surface area contributed by atoms with Gasteiger partial charge in [0.25, 0.3) is 0 Å². The van der Waals surface area contributed by atoms with Crippen LogP contribution >= 0.6 is 23.1 Å². The van der Waals surface area contributed by atoms with Gasteiger partial charge >= 0.3 is 0 Å². The SMILES string of the molecule is Cc1ccc(NCc2csc(CSC(C)C)n2)cc1. The van der Waals surface area contributed by atoms with Crippen molar-refractivity contribution >= 4 is 28.8 Å². The highest BCUT2D eigenvalue weighted by atomic mass is 32.2. The molecule has 0 unspecified atom stereocenters. The number of anilines is 1. The molecular weight excluding hydrogens is 272 g/mol. The van der Waals surface area contributed by atoms with Crippen LogP contribution in [0.2, 0.25) is 0 Å². The first-order valence-corrected chi connectivity index (χ1v) is 8.42. The summed E-state index contributed by atoms with van der Waals surface area (Å²) in [5.74, 6) is 1.02. The molecule has 0 radical (unpaired) electrons. The Morgan fingerprint density at radius 3 is 2.68 bits per heavy atom. The van der Waals surface area contributed by atoms with Crippen molar-refractivity contribution < 1.29 is 0 Å². The summed E-state index contributed by atoms with van der Waals surface area (Å²) in [6, 6.07) is 8.45. The summed E-state index contributed by atoms with van der Waals surface area (Å²) in [6.45, 7) is 7.34. The third-order valence-electron chi connectivity index (χ3n) is 2.66. The molecule has 0 atom stereocenters. The Bertz CT molecular complexity index is 503. The Hall–Kier alpha value is -1.00. The Kier molecular flexibility index (Phi) is 5.28. The van der Waals surface area contributed by atoms with Gasteiger partial charge in [-0.15, -0.1) is 11.3 Å². The van der Waals surface area contributed by atoms with Crippen molar-refractivity contribution in [1.82, 2.24) is 4.98 Å². The Labute approximate surface area is 123 Å². The molecule has 2 aromatic rings. The number of thiazole rings is 1. The summed E-state index contributed by atoms with van der Waals surface area (Å²) >= 11 is 3.70. The summed E-state index contributed by atoms with van der Waals surface area (Å²) in [6.07, 6.45) is 0. The van der Waals surface area contributed by atoms with E-state index in [1.54, 1.807) is 11.3 Å². The van der Waals surface area contributed by atoms with Gasteiger partial charge in [0.2, 0.25) is 0 Å². The van der Waals surface area contributed by atoms with Crippen molar-refractivity contribution in [3.05, 3.63) is 45.9 Å². The van der Waals surface area contributed by atoms with E-state index < -0.39 is 0 Å². The average molecular weight is 292 g/mol. The highest BCUT2D eigenvalue weighted by Crippen LogP contribution is 2.20. The van der Waals surface area contributed by atoms with E-state index in [1.807, 2.05) is 11.8 Å². The van der Waals surface area contributed by atoms with E-state index in [4.69, 9.17) is 0 Å². The molecule has 0 aliphatic carbocycles. The van der Waals surface area contributed by atoms with E-state index in [2.05, 4.69) is 60.7 Å². The first kappa shape index (κ1) is 14.4. The fraction of sp³-hybridized carbons (Fsp3) is 0.400. The number of hydrogen-bond donors (Lipinski definition) is 1. The molecule has 2 rings (SSSR count). The Balaban J connectivity index is 1.84. The lowest BCUT2D eigenvalue weighted by molar-refractivity contribution is 1.04. The van der Waals surface area contributed by atoms with Gasteiger partial charge in [-0.1, -0.05) is 31.5 Å². The number of nitrogens with zero attached hydrogens (tertiary/aromatic N) is 1. The van der Waals surface area contributed by atoms with Crippen molar-refractivity contribution in [2.24, 2.45) is 0 Å². The molecule has 0 fully saturated rings. The molecule has 0 bridgehead atoms. The molecule has 2 nitrogen and oxygen atoms in total. The lowest BCUT2D eigenvalue weighted by Crippen LogP contribution is -1.99. The average Bonchev–Trinajstić information content (AvgIpc) is 2.84. The third kappa shape index (κ3) is 4.88. The second kappa shape index (κ2) is 6.96. The predicted octanol–water partition coefficient (Wildman–Crippen LogP) is 4.71. The van der Waals surface area contributed by atoms with Crippen LogP contribution < -0.4 is 5.32 Å². The molecule has 102 valence electrons. The number of rotatable bonds is 6. The molecule has 1 heterocycles. The highest BCUT2D eigenvalue weighted by molar-refractivity contribution is 7.99. The summed E-state index contributed by atoms with van der Waals surface area (Å²) in [5.41, 5.74) is 3.56. The van der Waals surface area contributed by atoms with Crippen LogP contribution in [0.15, 0.2) is 29.6 Å². The first-order chi connectivity index (χ1) is 9.13. The standard InChI is InChI=1S/C15H20N2S2/c1-11(2)18-10-15-17-14(9-19-15)8-16-13-6-4-12(3)5-7-13/h4-7,9,11,16H,8,10H2,1-3H3. The van der Waals surface area contributed by atoms with E-state index in [9.17, 15) is 0 Å². The second-order valence-electron chi connectivity index (χ2n) is 4.81. The Morgan fingerprint density at radius 1 is 1.26 bits per heavy atom. The van der Waals surface area contributed by atoms with Gasteiger partial charge in [-0.05, 0) is 24.3 Å². The van der Waals surface area contributed by atoms with Crippen LogP contribution in [-0.2, 0) is 12.3 Å². The quantitative estimate of drug-likeness (QED) is 0.835. The van der Waals surface area contributed by atoms with Crippen molar-refractivity contribution in [3.8, 4) is 0 Å². The largest absolute Gasteiger partial charge is 0.379 e. The van der Waals surface area contributed by atoms with Crippen LogP contribution in [0.3, 0.4) is 0 Å². The molecule has 0 spiro atoms. The van der Waals surface area contributed by atoms with E-state index in [0.717, 1.165) is 23.7 Å². The molecule has 0 amide bonds. The van der Waals surface area contributed by atoms with Gasteiger partial charge in [-0.2, -0.15) is 11.8 Å². The topological polar surface area (TPSA) is 24.9 Å². The molecular formula is C15H20N2S2. The summed E-state index contributed by atoms with van der Waals surface area (Å²) in [7, 11) is 0. The minimum atomic E-state index is 0.665. The summed E-state index contributed by atoms with van der Waals surface area (Å²) in [5, 5.41) is 7.44. The van der Waals surface area contributed by atoms with Crippen LogP contribution in [0.5, 0.6) is 0 Å². The minimum Gasteiger partial charge on any atom is -0.379 e. The van der Waals surface area contributed by atoms with Gasteiger partial charge in [0.1, 0.15) is 5.01 Å². The molecule has 1 N–H and O–H groups in total. The second-order valence-corrected chi connectivity index (χ2v) is 7.32.